The number of carbonyl (C=O) groups is 2. The molecule has 1 aliphatic rings. The summed E-state index contributed by atoms with van der Waals surface area (Å²) in [5, 5.41) is 8.01. The van der Waals surface area contributed by atoms with Gasteiger partial charge >= 0.3 is 0 Å². The molecule has 2 heterocycles. The predicted molar refractivity (Wildman–Crippen MR) is 111 cm³/mol. The molecule has 6 nitrogen and oxygen atoms in total. The fourth-order valence-electron chi connectivity index (χ4n) is 3.65. The van der Waals surface area contributed by atoms with E-state index in [1.54, 1.807) is 41.1 Å². The number of fused-ring (bicyclic) bond motifs is 1. The second-order valence-electron chi connectivity index (χ2n) is 6.87. The van der Waals surface area contributed by atoms with E-state index >= 15 is 0 Å². The van der Waals surface area contributed by atoms with Gasteiger partial charge in [-0.1, -0.05) is 17.7 Å². The van der Waals surface area contributed by atoms with Gasteiger partial charge in [0.05, 0.1) is 23.9 Å². The first-order valence-corrected chi connectivity index (χ1v) is 9.78. The van der Waals surface area contributed by atoms with Crippen molar-refractivity contribution in [3.05, 3.63) is 70.4 Å². The third-order valence-corrected chi connectivity index (χ3v) is 5.16. The predicted octanol–water partition coefficient (Wildman–Crippen LogP) is 4.54. The SMILES string of the molecule is CCOc1ccc(C(=O)C2CC(=O)Nc3c2c(C)nn3-c2cccc(Cl)c2)cc1. The molecule has 0 radical (unpaired) electrons. The van der Waals surface area contributed by atoms with Gasteiger partial charge in [0.15, 0.2) is 5.78 Å². The zero-order chi connectivity index (χ0) is 20.5. The Labute approximate surface area is 173 Å². The molecule has 1 N–H and O–H groups in total. The van der Waals surface area contributed by atoms with Gasteiger partial charge in [0, 0.05) is 22.6 Å². The molecule has 2 aromatic carbocycles. The number of ether oxygens (including phenoxy) is 1. The van der Waals surface area contributed by atoms with E-state index < -0.39 is 5.92 Å². The molecule has 1 aromatic heterocycles. The number of Topliss-reactive ketones (excluding diaryl/α,β-unsaturated/α-hetero) is 1. The van der Waals surface area contributed by atoms with E-state index in [0.717, 1.165) is 11.3 Å². The van der Waals surface area contributed by atoms with Crippen molar-refractivity contribution < 1.29 is 14.3 Å². The van der Waals surface area contributed by atoms with Gasteiger partial charge in [0.2, 0.25) is 5.91 Å². The lowest BCUT2D eigenvalue weighted by atomic mass is 9.85. The van der Waals surface area contributed by atoms with E-state index in [-0.39, 0.29) is 18.1 Å². The van der Waals surface area contributed by atoms with Gasteiger partial charge in [-0.3, -0.25) is 9.59 Å². The molecule has 7 heteroatoms. The summed E-state index contributed by atoms with van der Waals surface area (Å²) in [6, 6.07) is 14.2. The summed E-state index contributed by atoms with van der Waals surface area (Å²) in [4.78, 5) is 25.7. The van der Waals surface area contributed by atoms with Crippen molar-refractivity contribution in [3.8, 4) is 11.4 Å². The molecule has 0 fully saturated rings. The summed E-state index contributed by atoms with van der Waals surface area (Å²) < 4.78 is 7.07. The number of hydrogen-bond acceptors (Lipinski definition) is 4. The van der Waals surface area contributed by atoms with Crippen LogP contribution >= 0.6 is 11.6 Å². The van der Waals surface area contributed by atoms with Crippen LogP contribution in [0.5, 0.6) is 5.75 Å². The maximum Gasteiger partial charge on any atom is 0.226 e. The number of rotatable bonds is 5. The highest BCUT2D eigenvalue weighted by atomic mass is 35.5. The van der Waals surface area contributed by atoms with Crippen molar-refractivity contribution in [2.75, 3.05) is 11.9 Å². The Morgan fingerprint density at radius 3 is 2.72 bits per heavy atom. The van der Waals surface area contributed by atoms with Gasteiger partial charge in [-0.05, 0) is 56.3 Å². The van der Waals surface area contributed by atoms with Gasteiger partial charge in [-0.2, -0.15) is 5.10 Å². The molecule has 1 atom stereocenters. The van der Waals surface area contributed by atoms with Crippen molar-refractivity contribution in [3.63, 3.8) is 0 Å². The molecule has 1 aliphatic heterocycles. The summed E-state index contributed by atoms with van der Waals surface area (Å²) in [6.07, 6.45) is 0.0844. The van der Waals surface area contributed by atoms with Gasteiger partial charge in [0.25, 0.3) is 0 Å². The van der Waals surface area contributed by atoms with E-state index in [2.05, 4.69) is 10.4 Å². The van der Waals surface area contributed by atoms with Gasteiger partial charge in [-0.15, -0.1) is 0 Å². The Morgan fingerprint density at radius 2 is 2.03 bits per heavy atom. The first-order chi connectivity index (χ1) is 14.0. The molecule has 0 aliphatic carbocycles. The van der Waals surface area contributed by atoms with Crippen LogP contribution < -0.4 is 10.1 Å². The number of nitrogens with zero attached hydrogens (tertiary/aromatic N) is 2. The van der Waals surface area contributed by atoms with E-state index in [1.807, 2.05) is 26.0 Å². The second-order valence-corrected chi connectivity index (χ2v) is 7.30. The summed E-state index contributed by atoms with van der Waals surface area (Å²) in [6.45, 7) is 4.30. The molecule has 1 amide bonds. The number of halogens is 1. The number of ketones is 1. The Hall–Kier alpha value is -3.12. The number of amides is 1. The first-order valence-electron chi connectivity index (χ1n) is 9.40. The molecule has 0 bridgehead atoms. The summed E-state index contributed by atoms with van der Waals surface area (Å²) >= 11 is 6.11. The minimum absolute atomic E-state index is 0.0844. The lowest BCUT2D eigenvalue weighted by Crippen LogP contribution is -2.28. The molecule has 4 rings (SSSR count). The van der Waals surface area contributed by atoms with Crippen molar-refractivity contribution in [2.24, 2.45) is 0 Å². The standard InChI is InChI=1S/C22H20ClN3O3/c1-3-29-17-9-7-14(8-10-17)21(28)18-12-19(27)24-22-20(18)13(2)25-26(22)16-6-4-5-15(23)11-16/h4-11,18H,3,12H2,1-2H3,(H,24,27). The lowest BCUT2D eigenvalue weighted by molar-refractivity contribution is -0.116. The Balaban J connectivity index is 1.74. The van der Waals surface area contributed by atoms with Crippen LogP contribution in [-0.4, -0.2) is 28.1 Å². The molecular formula is C22H20ClN3O3. The van der Waals surface area contributed by atoms with Crippen molar-refractivity contribution in [2.45, 2.75) is 26.2 Å². The average Bonchev–Trinajstić information content (AvgIpc) is 3.04. The topological polar surface area (TPSA) is 73.2 Å². The minimum Gasteiger partial charge on any atom is -0.494 e. The molecule has 0 saturated heterocycles. The molecule has 148 valence electrons. The van der Waals surface area contributed by atoms with Crippen LogP contribution in [0.4, 0.5) is 5.82 Å². The van der Waals surface area contributed by atoms with E-state index in [0.29, 0.717) is 34.5 Å². The first kappa shape index (κ1) is 19.2. The molecular weight excluding hydrogens is 390 g/mol. The second kappa shape index (κ2) is 7.72. The summed E-state index contributed by atoms with van der Waals surface area (Å²) in [7, 11) is 0. The largest absolute Gasteiger partial charge is 0.494 e. The Kier molecular flexibility index (Phi) is 5.11. The maximum atomic E-state index is 13.3. The Bertz CT molecular complexity index is 1090. The van der Waals surface area contributed by atoms with Crippen molar-refractivity contribution >= 4 is 29.1 Å². The number of aromatic nitrogens is 2. The maximum absolute atomic E-state index is 13.3. The number of benzene rings is 2. The van der Waals surface area contributed by atoms with Crippen LogP contribution in [0.2, 0.25) is 5.02 Å². The van der Waals surface area contributed by atoms with Crippen molar-refractivity contribution in [1.29, 1.82) is 0 Å². The fraction of sp³-hybridized carbons (Fsp3) is 0.227. The number of anilines is 1. The lowest BCUT2D eigenvalue weighted by Gasteiger charge is -2.23. The minimum atomic E-state index is -0.593. The van der Waals surface area contributed by atoms with Crippen molar-refractivity contribution in [1.82, 2.24) is 9.78 Å². The van der Waals surface area contributed by atoms with Crippen LogP contribution in [0.1, 0.15) is 40.9 Å². The zero-order valence-corrected chi connectivity index (χ0v) is 16.9. The molecule has 0 spiro atoms. The third-order valence-electron chi connectivity index (χ3n) is 4.92. The van der Waals surface area contributed by atoms with Gasteiger partial charge in [0.1, 0.15) is 11.6 Å². The van der Waals surface area contributed by atoms with Crippen LogP contribution in [0.15, 0.2) is 48.5 Å². The highest BCUT2D eigenvalue weighted by Gasteiger charge is 2.36. The van der Waals surface area contributed by atoms with Crippen LogP contribution in [0.25, 0.3) is 5.69 Å². The Morgan fingerprint density at radius 1 is 1.28 bits per heavy atom. The normalized spacial score (nSPS) is 15.6. The molecule has 1 unspecified atom stereocenters. The van der Waals surface area contributed by atoms with E-state index in [9.17, 15) is 9.59 Å². The summed E-state index contributed by atoms with van der Waals surface area (Å²) in [5.41, 5.74) is 2.69. The van der Waals surface area contributed by atoms with Crippen LogP contribution in [0.3, 0.4) is 0 Å². The number of carbonyl (C=O) groups excluding carboxylic acids is 2. The molecule has 3 aromatic rings. The van der Waals surface area contributed by atoms with Crippen LogP contribution in [-0.2, 0) is 4.79 Å². The van der Waals surface area contributed by atoms with Gasteiger partial charge < -0.3 is 10.1 Å². The van der Waals surface area contributed by atoms with E-state index in [1.165, 1.54) is 0 Å². The monoisotopic (exact) mass is 409 g/mol. The van der Waals surface area contributed by atoms with Crippen LogP contribution in [0, 0.1) is 6.92 Å². The number of hydrogen-bond donors (Lipinski definition) is 1. The fourth-order valence-corrected chi connectivity index (χ4v) is 3.83. The smallest absolute Gasteiger partial charge is 0.226 e. The highest BCUT2D eigenvalue weighted by Crippen LogP contribution is 2.38. The quantitative estimate of drug-likeness (QED) is 0.628. The highest BCUT2D eigenvalue weighted by molar-refractivity contribution is 6.30. The van der Waals surface area contributed by atoms with E-state index in [4.69, 9.17) is 16.3 Å². The zero-order valence-electron chi connectivity index (χ0n) is 16.1. The third kappa shape index (κ3) is 3.63. The average molecular weight is 410 g/mol. The molecule has 0 saturated carbocycles. The number of nitrogens with one attached hydrogen (secondary N) is 1. The molecule has 29 heavy (non-hydrogen) atoms. The summed E-state index contributed by atoms with van der Waals surface area (Å²) in [5.74, 6) is 0.300. The van der Waals surface area contributed by atoms with Gasteiger partial charge in [-0.25, -0.2) is 4.68 Å². The number of aryl methyl sites for hydroxylation is 1.